The fourth-order valence-corrected chi connectivity index (χ4v) is 1.79. The molecule has 1 amide bonds. The van der Waals surface area contributed by atoms with E-state index in [0.717, 1.165) is 18.9 Å². The van der Waals surface area contributed by atoms with E-state index in [9.17, 15) is 4.79 Å². The van der Waals surface area contributed by atoms with Crippen LogP contribution in [0.3, 0.4) is 0 Å². The van der Waals surface area contributed by atoms with Crippen molar-refractivity contribution in [2.75, 3.05) is 37.7 Å². The maximum absolute atomic E-state index is 11.7. The molecule has 0 aromatic carbocycles. The van der Waals surface area contributed by atoms with Gasteiger partial charge < -0.3 is 20.7 Å². The molecule has 1 aliphatic heterocycles. The highest BCUT2D eigenvalue weighted by molar-refractivity contribution is 5.92. The molecule has 2 rings (SSSR count). The number of anilines is 1. The lowest BCUT2D eigenvalue weighted by Gasteiger charge is -2.37. The summed E-state index contributed by atoms with van der Waals surface area (Å²) >= 11 is 0. The van der Waals surface area contributed by atoms with Gasteiger partial charge in [-0.25, -0.2) is 0 Å². The van der Waals surface area contributed by atoms with Gasteiger partial charge in [0.1, 0.15) is 0 Å². The van der Waals surface area contributed by atoms with Gasteiger partial charge >= 0.3 is 0 Å². The summed E-state index contributed by atoms with van der Waals surface area (Å²) in [6.45, 7) is 5.09. The Bertz CT molecular complexity index is 417. The van der Waals surface area contributed by atoms with Crippen LogP contribution >= 0.6 is 0 Å². The Morgan fingerprint density at radius 3 is 2.89 bits per heavy atom. The second-order valence-electron chi connectivity index (χ2n) is 4.39. The first kappa shape index (κ1) is 13.7. The van der Waals surface area contributed by atoms with E-state index in [0.29, 0.717) is 25.5 Å². The summed E-state index contributed by atoms with van der Waals surface area (Å²) < 4.78 is 5.13. The number of amides is 1. The van der Waals surface area contributed by atoms with E-state index < -0.39 is 0 Å². The minimum Gasteiger partial charge on any atom is -0.380 e. The molecule has 19 heavy (non-hydrogen) atoms. The lowest BCUT2D eigenvalue weighted by Crippen LogP contribution is -2.56. The highest BCUT2D eigenvalue weighted by Gasteiger charge is 2.24. The molecule has 0 spiro atoms. The third-order valence-corrected chi connectivity index (χ3v) is 2.85. The summed E-state index contributed by atoms with van der Waals surface area (Å²) in [4.78, 5) is 13.7. The van der Waals surface area contributed by atoms with Crippen LogP contribution in [-0.4, -0.2) is 55.0 Å². The fourth-order valence-electron chi connectivity index (χ4n) is 1.79. The topological polar surface area (TPSA) is 93.4 Å². The molecule has 0 radical (unpaired) electrons. The average Bonchev–Trinajstić information content (AvgIpc) is 2.40. The van der Waals surface area contributed by atoms with Crippen molar-refractivity contribution in [2.45, 2.75) is 13.0 Å². The van der Waals surface area contributed by atoms with Crippen molar-refractivity contribution < 1.29 is 9.53 Å². The third-order valence-electron chi connectivity index (χ3n) is 2.85. The number of hydrogen-bond donors (Lipinski definition) is 2. The molecule has 7 heteroatoms. The largest absolute Gasteiger partial charge is 0.380 e. The molecule has 1 saturated heterocycles. The van der Waals surface area contributed by atoms with Gasteiger partial charge in [-0.2, -0.15) is 0 Å². The molecule has 0 unspecified atom stereocenters. The van der Waals surface area contributed by atoms with Crippen LogP contribution < -0.4 is 16.0 Å². The van der Waals surface area contributed by atoms with Crippen LogP contribution in [0, 0.1) is 0 Å². The molecule has 7 nitrogen and oxygen atoms in total. The van der Waals surface area contributed by atoms with Crippen molar-refractivity contribution in [3.8, 4) is 0 Å². The summed E-state index contributed by atoms with van der Waals surface area (Å²) in [7, 11) is 0. The minimum atomic E-state index is -0.237. The van der Waals surface area contributed by atoms with Gasteiger partial charge in [0.05, 0.1) is 6.61 Å². The van der Waals surface area contributed by atoms with E-state index in [1.165, 1.54) is 0 Å². The van der Waals surface area contributed by atoms with Crippen molar-refractivity contribution in [2.24, 2.45) is 5.73 Å². The Labute approximate surface area is 112 Å². The van der Waals surface area contributed by atoms with Gasteiger partial charge in [0.15, 0.2) is 11.5 Å². The normalized spacial score (nSPS) is 15.2. The molecular formula is C12H19N5O2. The number of aromatic nitrogens is 2. The average molecular weight is 265 g/mol. The Morgan fingerprint density at radius 2 is 2.32 bits per heavy atom. The summed E-state index contributed by atoms with van der Waals surface area (Å²) in [5, 5.41) is 10.7. The Hall–Kier alpha value is -1.73. The van der Waals surface area contributed by atoms with Gasteiger partial charge in [-0.3, -0.25) is 4.79 Å². The predicted molar refractivity (Wildman–Crippen MR) is 71.0 cm³/mol. The van der Waals surface area contributed by atoms with Crippen LogP contribution in [-0.2, 0) is 4.74 Å². The molecular weight excluding hydrogens is 246 g/mol. The van der Waals surface area contributed by atoms with Crippen molar-refractivity contribution in [1.29, 1.82) is 0 Å². The van der Waals surface area contributed by atoms with Gasteiger partial charge in [-0.1, -0.05) is 0 Å². The Balaban J connectivity index is 1.82. The van der Waals surface area contributed by atoms with Crippen molar-refractivity contribution >= 4 is 11.7 Å². The number of carbonyl (C=O) groups excluding carboxylic acids is 1. The number of nitrogens with two attached hydrogens (primary N) is 1. The molecule has 0 bridgehead atoms. The van der Waals surface area contributed by atoms with E-state index in [1.54, 1.807) is 12.1 Å². The van der Waals surface area contributed by atoms with Gasteiger partial charge in [0.25, 0.3) is 5.91 Å². The number of nitrogens with zero attached hydrogens (tertiary/aromatic N) is 3. The quantitative estimate of drug-likeness (QED) is 0.667. The van der Waals surface area contributed by atoms with E-state index >= 15 is 0 Å². The number of ether oxygens (including phenoxy) is 1. The van der Waals surface area contributed by atoms with Gasteiger partial charge in [0, 0.05) is 32.3 Å². The highest BCUT2D eigenvalue weighted by atomic mass is 16.5. The van der Waals surface area contributed by atoms with E-state index in [1.807, 2.05) is 11.8 Å². The summed E-state index contributed by atoms with van der Waals surface area (Å²) in [6.07, 6.45) is 0. The molecule has 1 fully saturated rings. The van der Waals surface area contributed by atoms with Crippen molar-refractivity contribution in [3.63, 3.8) is 0 Å². The first-order chi connectivity index (χ1) is 9.20. The van der Waals surface area contributed by atoms with Crippen LogP contribution in [0.15, 0.2) is 12.1 Å². The summed E-state index contributed by atoms with van der Waals surface area (Å²) in [5.74, 6) is 0.520. The maximum atomic E-state index is 11.7. The Morgan fingerprint density at radius 1 is 1.53 bits per heavy atom. The zero-order valence-corrected chi connectivity index (χ0v) is 11.0. The van der Waals surface area contributed by atoms with E-state index in [4.69, 9.17) is 10.5 Å². The molecule has 2 heterocycles. The maximum Gasteiger partial charge on any atom is 0.271 e. The fraction of sp³-hybridized carbons (Fsp3) is 0.583. The van der Waals surface area contributed by atoms with Gasteiger partial charge in [0.2, 0.25) is 0 Å². The molecule has 1 aliphatic rings. The molecule has 0 saturated carbocycles. The summed E-state index contributed by atoms with van der Waals surface area (Å²) in [6, 6.07) is 3.67. The minimum absolute atomic E-state index is 0.211. The number of carbonyl (C=O) groups is 1. The lowest BCUT2D eigenvalue weighted by molar-refractivity contribution is 0.0916. The van der Waals surface area contributed by atoms with Gasteiger partial charge in [-0.05, 0) is 19.1 Å². The van der Waals surface area contributed by atoms with Crippen LogP contribution in [0.1, 0.15) is 17.4 Å². The molecule has 0 aliphatic carbocycles. The van der Waals surface area contributed by atoms with Crippen LogP contribution in [0.5, 0.6) is 0 Å². The molecule has 104 valence electrons. The van der Waals surface area contributed by atoms with Crippen LogP contribution in [0.25, 0.3) is 0 Å². The van der Waals surface area contributed by atoms with E-state index in [2.05, 4.69) is 15.5 Å². The first-order valence-electron chi connectivity index (χ1n) is 6.41. The molecule has 0 atom stereocenters. The molecule has 1 aromatic heterocycles. The monoisotopic (exact) mass is 265 g/mol. The van der Waals surface area contributed by atoms with Crippen molar-refractivity contribution in [1.82, 2.24) is 15.5 Å². The number of hydrogen-bond acceptors (Lipinski definition) is 6. The Kier molecular flexibility index (Phi) is 4.64. The SMILES string of the molecule is CCOCCNC(=O)c1ccc(N2CC(N)C2)nn1. The zero-order valence-electron chi connectivity index (χ0n) is 11.0. The zero-order chi connectivity index (χ0) is 13.7. The van der Waals surface area contributed by atoms with Gasteiger partial charge in [-0.15, -0.1) is 10.2 Å². The third kappa shape index (κ3) is 3.62. The predicted octanol–water partition coefficient (Wildman–Crippen LogP) is -0.610. The number of rotatable bonds is 6. The smallest absolute Gasteiger partial charge is 0.271 e. The second kappa shape index (κ2) is 6.44. The number of nitrogens with one attached hydrogen (secondary N) is 1. The van der Waals surface area contributed by atoms with Crippen LogP contribution in [0.4, 0.5) is 5.82 Å². The highest BCUT2D eigenvalue weighted by Crippen LogP contribution is 2.15. The second-order valence-corrected chi connectivity index (χ2v) is 4.39. The van der Waals surface area contributed by atoms with Crippen LogP contribution in [0.2, 0.25) is 0 Å². The molecule has 1 aromatic rings. The summed E-state index contributed by atoms with van der Waals surface area (Å²) in [5.41, 5.74) is 6.01. The molecule has 3 N–H and O–H groups in total. The standard InChI is InChI=1S/C12H19N5O2/c1-2-19-6-5-14-12(18)10-3-4-11(16-15-10)17-7-9(13)8-17/h3-4,9H,2,5-8,13H2,1H3,(H,14,18). The first-order valence-corrected chi connectivity index (χ1v) is 6.41. The van der Waals surface area contributed by atoms with Crippen molar-refractivity contribution in [3.05, 3.63) is 17.8 Å². The lowest BCUT2D eigenvalue weighted by atomic mass is 10.1. The van der Waals surface area contributed by atoms with E-state index in [-0.39, 0.29) is 11.9 Å².